The van der Waals surface area contributed by atoms with Gasteiger partial charge in [-0.3, -0.25) is 0 Å². The van der Waals surface area contributed by atoms with E-state index in [1.54, 1.807) is 0 Å². The Morgan fingerprint density at radius 2 is 1.74 bits per heavy atom. The molecule has 1 N–H and O–H groups in total. The largest absolute Gasteiger partial charge is 0.508 e. The molecule has 212 valence electrons. The molecule has 1 fully saturated rings. The number of phenols is 1. The lowest BCUT2D eigenvalue weighted by atomic mass is 9.88. The molecule has 2 aromatic rings. The topological polar surface area (TPSA) is 51.2 Å². The summed E-state index contributed by atoms with van der Waals surface area (Å²) in [6.07, 6.45) is 6.52. The van der Waals surface area contributed by atoms with Gasteiger partial charge in [-0.2, -0.15) is 0 Å². The van der Waals surface area contributed by atoms with Crippen LogP contribution in [0.4, 0.5) is 5.69 Å². The van der Waals surface area contributed by atoms with E-state index < -0.39 is 8.38 Å². The van der Waals surface area contributed by atoms with Gasteiger partial charge in [-0.1, -0.05) is 45.9 Å². The molecule has 38 heavy (non-hydrogen) atoms. The second-order valence-electron chi connectivity index (χ2n) is 11.8. The molecule has 0 spiro atoms. The molecule has 0 aliphatic carbocycles. The zero-order chi connectivity index (χ0) is 27.5. The molecule has 1 aliphatic heterocycles. The van der Waals surface area contributed by atoms with E-state index in [2.05, 4.69) is 62.9 Å². The number of aromatic hydroxyl groups is 1. The fourth-order valence-corrected chi connectivity index (χ4v) is 6.61. The standard InChI is InChI=1S/C32H50NO4P/c1-7-36-38(37-8-2)24-25(3)28-11-9-13-30(21-28)35-23-26-16-19-33(20-17-26)31-22-29(34)15-14-27(31)12-10-18-32(4,5)6/h9,11,13-15,21-22,25-26,34H,7-8,10,12,16-20,23-24H2,1-6H3. The molecule has 1 aliphatic rings. The van der Waals surface area contributed by atoms with E-state index in [0.29, 0.717) is 36.2 Å². The van der Waals surface area contributed by atoms with Crippen molar-refractivity contribution in [3.63, 3.8) is 0 Å². The number of piperidine rings is 1. The summed E-state index contributed by atoms with van der Waals surface area (Å²) in [6, 6.07) is 14.4. The summed E-state index contributed by atoms with van der Waals surface area (Å²) >= 11 is 0. The maximum absolute atomic E-state index is 10.2. The van der Waals surface area contributed by atoms with Crippen LogP contribution in [0.1, 0.15) is 84.3 Å². The Morgan fingerprint density at radius 1 is 1.03 bits per heavy atom. The average Bonchev–Trinajstić information content (AvgIpc) is 2.88. The minimum Gasteiger partial charge on any atom is -0.508 e. The van der Waals surface area contributed by atoms with Crippen LogP contribution in [0.2, 0.25) is 0 Å². The first-order chi connectivity index (χ1) is 18.2. The van der Waals surface area contributed by atoms with Crippen molar-refractivity contribution >= 4 is 14.1 Å². The maximum Gasteiger partial charge on any atom is 0.171 e. The van der Waals surface area contributed by atoms with Crippen LogP contribution in [0.15, 0.2) is 42.5 Å². The van der Waals surface area contributed by atoms with Gasteiger partial charge in [-0.05, 0) is 92.5 Å². The predicted molar refractivity (Wildman–Crippen MR) is 161 cm³/mol. The fraction of sp³-hybridized carbons (Fsp3) is 0.625. The Labute approximate surface area is 232 Å². The Kier molecular flexibility index (Phi) is 12.2. The van der Waals surface area contributed by atoms with Crippen molar-refractivity contribution in [2.45, 2.75) is 79.6 Å². The minimum absolute atomic E-state index is 0.350. The predicted octanol–water partition coefficient (Wildman–Crippen LogP) is 8.54. The normalized spacial score (nSPS) is 15.7. The van der Waals surface area contributed by atoms with E-state index in [1.807, 2.05) is 26.0 Å². The lowest BCUT2D eigenvalue weighted by Gasteiger charge is -2.35. The highest BCUT2D eigenvalue weighted by atomic mass is 31.2. The van der Waals surface area contributed by atoms with Crippen molar-refractivity contribution in [1.29, 1.82) is 0 Å². The van der Waals surface area contributed by atoms with Gasteiger partial charge in [0.05, 0.1) is 19.8 Å². The van der Waals surface area contributed by atoms with Gasteiger partial charge in [0.1, 0.15) is 11.5 Å². The van der Waals surface area contributed by atoms with Crippen LogP contribution in [0.3, 0.4) is 0 Å². The number of rotatable bonds is 14. The number of nitrogens with zero attached hydrogens (tertiary/aromatic N) is 1. The molecule has 0 aromatic heterocycles. The van der Waals surface area contributed by atoms with Crippen LogP contribution in [0.5, 0.6) is 11.5 Å². The van der Waals surface area contributed by atoms with Crippen molar-refractivity contribution in [3.8, 4) is 11.5 Å². The number of anilines is 1. The van der Waals surface area contributed by atoms with Gasteiger partial charge in [0.15, 0.2) is 8.38 Å². The summed E-state index contributed by atoms with van der Waals surface area (Å²) in [4.78, 5) is 2.46. The van der Waals surface area contributed by atoms with E-state index in [1.165, 1.54) is 29.7 Å². The third-order valence-electron chi connectivity index (χ3n) is 7.28. The van der Waals surface area contributed by atoms with E-state index >= 15 is 0 Å². The lowest BCUT2D eigenvalue weighted by molar-refractivity contribution is 0.222. The van der Waals surface area contributed by atoms with Crippen LogP contribution >= 0.6 is 8.38 Å². The first-order valence-corrected chi connectivity index (χ1v) is 15.9. The first kappa shape index (κ1) is 30.7. The van der Waals surface area contributed by atoms with Gasteiger partial charge in [0, 0.05) is 31.0 Å². The fourth-order valence-electron chi connectivity index (χ4n) is 5.09. The first-order valence-electron chi connectivity index (χ1n) is 14.5. The third-order valence-corrected chi connectivity index (χ3v) is 9.22. The van der Waals surface area contributed by atoms with E-state index in [-0.39, 0.29) is 0 Å². The molecule has 0 amide bonds. The number of benzene rings is 2. The number of ether oxygens (including phenoxy) is 1. The number of hydrogen-bond donors (Lipinski definition) is 1. The number of hydrogen-bond acceptors (Lipinski definition) is 5. The molecule has 1 saturated heterocycles. The summed E-state index contributed by atoms with van der Waals surface area (Å²) in [5, 5.41) is 10.2. The molecular formula is C32H50NO4P. The average molecular weight is 544 g/mol. The minimum atomic E-state index is -0.850. The summed E-state index contributed by atoms with van der Waals surface area (Å²) in [6.45, 7) is 17.3. The molecule has 1 atom stereocenters. The second-order valence-corrected chi connectivity index (χ2v) is 13.3. The molecule has 6 heteroatoms. The summed E-state index contributed by atoms with van der Waals surface area (Å²) in [5.74, 6) is 2.20. The van der Waals surface area contributed by atoms with E-state index in [9.17, 15) is 5.11 Å². The molecule has 0 bridgehead atoms. The Morgan fingerprint density at radius 3 is 2.39 bits per heavy atom. The zero-order valence-electron chi connectivity index (χ0n) is 24.5. The zero-order valence-corrected chi connectivity index (χ0v) is 25.4. The van der Waals surface area contributed by atoms with Gasteiger partial charge < -0.3 is 23.8 Å². The van der Waals surface area contributed by atoms with Crippen molar-refractivity contribution < 1.29 is 18.9 Å². The van der Waals surface area contributed by atoms with Gasteiger partial charge >= 0.3 is 0 Å². The monoisotopic (exact) mass is 543 g/mol. The highest BCUT2D eigenvalue weighted by Gasteiger charge is 2.23. The van der Waals surface area contributed by atoms with Gasteiger partial charge in [-0.15, -0.1) is 0 Å². The summed E-state index contributed by atoms with van der Waals surface area (Å²) in [5.41, 5.74) is 4.18. The number of phenolic OH excluding ortho intramolecular Hbond substituents is 1. The smallest absolute Gasteiger partial charge is 0.171 e. The quantitative estimate of drug-likeness (QED) is 0.242. The molecule has 5 nitrogen and oxygen atoms in total. The van der Waals surface area contributed by atoms with Gasteiger partial charge in [-0.25, -0.2) is 0 Å². The lowest BCUT2D eigenvalue weighted by Crippen LogP contribution is -2.36. The molecule has 3 rings (SSSR count). The highest BCUT2D eigenvalue weighted by molar-refractivity contribution is 7.47. The van der Waals surface area contributed by atoms with Crippen molar-refractivity contribution in [2.75, 3.05) is 44.0 Å². The molecule has 1 unspecified atom stereocenters. The van der Waals surface area contributed by atoms with Crippen LogP contribution < -0.4 is 9.64 Å². The van der Waals surface area contributed by atoms with Crippen LogP contribution in [0, 0.1) is 11.3 Å². The second kappa shape index (κ2) is 15.1. The third kappa shape index (κ3) is 10.1. The molecular weight excluding hydrogens is 493 g/mol. The van der Waals surface area contributed by atoms with Crippen molar-refractivity contribution in [2.24, 2.45) is 11.3 Å². The molecule has 1 heterocycles. The SMILES string of the molecule is CCOP(CC(C)c1cccc(OCC2CCN(c3cc(O)ccc3CCCC(C)(C)C)CC2)c1)OCC. The van der Waals surface area contributed by atoms with Gasteiger partial charge in [0.2, 0.25) is 0 Å². The highest BCUT2D eigenvalue weighted by Crippen LogP contribution is 2.42. The van der Waals surface area contributed by atoms with Gasteiger partial charge in [0.25, 0.3) is 0 Å². The Bertz CT molecular complexity index is 962. The van der Waals surface area contributed by atoms with Crippen molar-refractivity contribution in [1.82, 2.24) is 0 Å². The molecule has 0 saturated carbocycles. The molecule has 2 aromatic carbocycles. The van der Waals surface area contributed by atoms with Crippen LogP contribution in [-0.4, -0.2) is 44.2 Å². The van der Waals surface area contributed by atoms with Crippen molar-refractivity contribution in [3.05, 3.63) is 53.6 Å². The number of aryl methyl sites for hydroxylation is 1. The van der Waals surface area contributed by atoms with Crippen LogP contribution in [-0.2, 0) is 15.5 Å². The Balaban J connectivity index is 1.51. The summed E-state index contributed by atoms with van der Waals surface area (Å²) < 4.78 is 17.9. The van der Waals surface area contributed by atoms with Crippen LogP contribution in [0.25, 0.3) is 0 Å². The van der Waals surface area contributed by atoms with E-state index in [4.69, 9.17) is 13.8 Å². The van der Waals surface area contributed by atoms with E-state index in [0.717, 1.165) is 50.9 Å². The summed E-state index contributed by atoms with van der Waals surface area (Å²) in [7, 11) is -0.850. The Hall–Kier alpha value is -1.81. The molecule has 0 radical (unpaired) electrons. The maximum atomic E-state index is 10.2.